The van der Waals surface area contributed by atoms with Crippen LogP contribution in [0.2, 0.25) is 0 Å². The van der Waals surface area contributed by atoms with Crippen molar-refractivity contribution in [3.8, 4) is 0 Å². The third-order valence-electron chi connectivity index (χ3n) is 1.28. The molecule has 0 spiro atoms. The summed E-state index contributed by atoms with van der Waals surface area (Å²) in [6.07, 6.45) is 0.570. The van der Waals surface area contributed by atoms with E-state index in [-0.39, 0.29) is 11.3 Å². The molecule has 0 heterocycles. The molecule has 0 aliphatic carbocycles. The molecule has 0 aromatic heterocycles. The van der Waals surface area contributed by atoms with Crippen LogP contribution in [0.15, 0.2) is 12.2 Å². The fraction of sp³-hybridized carbons (Fsp3) is 0.700. The number of carbonyl (C=O) groups is 1. The zero-order chi connectivity index (χ0) is 9.78. The molecular weight excluding hydrogens is 150 g/mol. The molecule has 0 aliphatic rings. The molecule has 0 atom stereocenters. The maximum atomic E-state index is 11.2. The maximum Gasteiger partial charge on any atom is 0.220 e. The first-order valence-electron chi connectivity index (χ1n) is 4.22. The number of hydrogen-bond donors (Lipinski definition) is 1. The van der Waals surface area contributed by atoms with Gasteiger partial charge in [-0.3, -0.25) is 4.79 Å². The van der Waals surface area contributed by atoms with E-state index >= 15 is 0 Å². The Morgan fingerprint density at radius 2 is 1.92 bits per heavy atom. The Balaban J connectivity index is 3.68. The van der Waals surface area contributed by atoms with Crippen LogP contribution in [0.3, 0.4) is 0 Å². The van der Waals surface area contributed by atoms with E-state index in [9.17, 15) is 4.79 Å². The van der Waals surface area contributed by atoms with E-state index in [0.717, 1.165) is 5.57 Å². The number of rotatable bonds is 3. The van der Waals surface area contributed by atoms with E-state index in [4.69, 9.17) is 0 Å². The molecular formula is C10H19NO. The molecule has 0 radical (unpaired) electrons. The summed E-state index contributed by atoms with van der Waals surface area (Å²) in [5, 5.41) is 2.80. The first kappa shape index (κ1) is 11.2. The number of hydrogen-bond acceptors (Lipinski definition) is 1. The van der Waals surface area contributed by atoms with E-state index in [1.165, 1.54) is 0 Å². The summed E-state index contributed by atoms with van der Waals surface area (Å²) in [5.41, 5.74) is 1.05. The number of carbonyl (C=O) groups excluding carboxylic acids is 1. The smallest absolute Gasteiger partial charge is 0.220 e. The second-order valence-corrected chi connectivity index (χ2v) is 4.47. The predicted molar refractivity (Wildman–Crippen MR) is 51.9 cm³/mol. The van der Waals surface area contributed by atoms with Crippen molar-refractivity contribution in [2.24, 2.45) is 5.41 Å². The Labute approximate surface area is 75.0 Å². The van der Waals surface area contributed by atoms with Gasteiger partial charge < -0.3 is 5.32 Å². The van der Waals surface area contributed by atoms with Crippen LogP contribution in [0.4, 0.5) is 0 Å². The number of nitrogens with one attached hydrogen (secondary N) is 1. The van der Waals surface area contributed by atoms with Crippen molar-refractivity contribution < 1.29 is 4.79 Å². The lowest BCUT2D eigenvalue weighted by molar-refractivity contribution is -0.122. The van der Waals surface area contributed by atoms with Crippen LogP contribution in [0, 0.1) is 5.41 Å². The zero-order valence-electron chi connectivity index (χ0n) is 8.53. The van der Waals surface area contributed by atoms with Crippen LogP contribution >= 0.6 is 0 Å². The SMILES string of the molecule is C=C(C)CNC(=O)CC(C)(C)C. The van der Waals surface area contributed by atoms with Crippen molar-refractivity contribution in [1.29, 1.82) is 0 Å². The lowest BCUT2D eigenvalue weighted by Gasteiger charge is -2.17. The zero-order valence-corrected chi connectivity index (χ0v) is 8.53. The van der Waals surface area contributed by atoms with Crippen LogP contribution in [-0.4, -0.2) is 12.5 Å². The molecule has 2 heteroatoms. The Hall–Kier alpha value is -0.790. The summed E-state index contributed by atoms with van der Waals surface area (Å²) in [6.45, 7) is 12.3. The van der Waals surface area contributed by atoms with Gasteiger partial charge in [0, 0.05) is 13.0 Å². The van der Waals surface area contributed by atoms with Crippen molar-refractivity contribution in [2.45, 2.75) is 34.1 Å². The summed E-state index contributed by atoms with van der Waals surface area (Å²) >= 11 is 0. The summed E-state index contributed by atoms with van der Waals surface area (Å²) in [6, 6.07) is 0. The van der Waals surface area contributed by atoms with Gasteiger partial charge in [-0.25, -0.2) is 0 Å². The van der Waals surface area contributed by atoms with E-state index in [1.807, 2.05) is 27.7 Å². The maximum absolute atomic E-state index is 11.2. The van der Waals surface area contributed by atoms with Crippen molar-refractivity contribution in [2.75, 3.05) is 6.54 Å². The van der Waals surface area contributed by atoms with E-state index in [0.29, 0.717) is 13.0 Å². The largest absolute Gasteiger partial charge is 0.352 e. The molecule has 0 fully saturated rings. The fourth-order valence-corrected chi connectivity index (χ4v) is 0.794. The average Bonchev–Trinajstić information content (AvgIpc) is 1.79. The lowest BCUT2D eigenvalue weighted by Crippen LogP contribution is -2.28. The van der Waals surface area contributed by atoms with Crippen LogP contribution < -0.4 is 5.32 Å². The summed E-state index contributed by atoms with van der Waals surface area (Å²) in [4.78, 5) is 11.2. The summed E-state index contributed by atoms with van der Waals surface area (Å²) < 4.78 is 0. The minimum atomic E-state index is 0.0686. The molecule has 0 bridgehead atoms. The van der Waals surface area contributed by atoms with Crippen LogP contribution in [0.25, 0.3) is 0 Å². The molecule has 1 N–H and O–H groups in total. The van der Waals surface area contributed by atoms with Crippen LogP contribution in [0.5, 0.6) is 0 Å². The van der Waals surface area contributed by atoms with Gasteiger partial charge in [0.05, 0.1) is 0 Å². The Kier molecular flexibility index (Phi) is 4.01. The van der Waals surface area contributed by atoms with E-state index in [2.05, 4.69) is 11.9 Å². The third-order valence-corrected chi connectivity index (χ3v) is 1.28. The average molecular weight is 169 g/mol. The molecule has 1 amide bonds. The standard InChI is InChI=1S/C10H19NO/c1-8(2)7-11-9(12)6-10(3,4)5/h1,6-7H2,2-5H3,(H,11,12). The van der Waals surface area contributed by atoms with Crippen molar-refractivity contribution in [1.82, 2.24) is 5.32 Å². The normalized spacial score (nSPS) is 11.0. The Morgan fingerprint density at radius 3 is 2.25 bits per heavy atom. The van der Waals surface area contributed by atoms with Gasteiger partial charge in [0.2, 0.25) is 5.91 Å². The minimum absolute atomic E-state index is 0.0686. The minimum Gasteiger partial charge on any atom is -0.352 e. The first-order valence-corrected chi connectivity index (χ1v) is 4.22. The molecule has 0 aromatic carbocycles. The molecule has 0 unspecified atom stereocenters. The predicted octanol–water partition coefficient (Wildman–Crippen LogP) is 2.11. The Bertz CT molecular complexity index is 177. The second kappa shape index (κ2) is 4.29. The van der Waals surface area contributed by atoms with Gasteiger partial charge in [-0.05, 0) is 12.3 Å². The highest BCUT2D eigenvalue weighted by atomic mass is 16.1. The fourth-order valence-electron chi connectivity index (χ4n) is 0.794. The van der Waals surface area contributed by atoms with Gasteiger partial charge >= 0.3 is 0 Å². The summed E-state index contributed by atoms with van der Waals surface area (Å²) in [7, 11) is 0. The molecule has 2 nitrogen and oxygen atoms in total. The van der Waals surface area contributed by atoms with Gasteiger partial charge in [0.1, 0.15) is 0 Å². The van der Waals surface area contributed by atoms with E-state index < -0.39 is 0 Å². The van der Waals surface area contributed by atoms with Crippen molar-refractivity contribution in [3.05, 3.63) is 12.2 Å². The molecule has 0 rings (SSSR count). The highest BCUT2D eigenvalue weighted by Crippen LogP contribution is 2.17. The van der Waals surface area contributed by atoms with Gasteiger partial charge in [0.25, 0.3) is 0 Å². The molecule has 0 aromatic rings. The molecule has 70 valence electrons. The van der Waals surface area contributed by atoms with Crippen molar-refractivity contribution >= 4 is 5.91 Å². The monoisotopic (exact) mass is 169 g/mol. The van der Waals surface area contributed by atoms with Gasteiger partial charge in [-0.15, -0.1) is 0 Å². The topological polar surface area (TPSA) is 29.1 Å². The highest BCUT2D eigenvalue weighted by molar-refractivity contribution is 5.76. The van der Waals surface area contributed by atoms with Crippen LogP contribution in [-0.2, 0) is 4.79 Å². The third kappa shape index (κ3) is 7.32. The van der Waals surface area contributed by atoms with Gasteiger partial charge in [-0.2, -0.15) is 0 Å². The Morgan fingerprint density at radius 1 is 1.42 bits per heavy atom. The molecule has 0 saturated heterocycles. The molecule has 0 saturated carbocycles. The van der Waals surface area contributed by atoms with Crippen LogP contribution in [0.1, 0.15) is 34.1 Å². The lowest BCUT2D eigenvalue weighted by atomic mass is 9.92. The number of amides is 1. The van der Waals surface area contributed by atoms with E-state index in [1.54, 1.807) is 0 Å². The highest BCUT2D eigenvalue weighted by Gasteiger charge is 2.14. The summed E-state index contributed by atoms with van der Waals surface area (Å²) in [5.74, 6) is 0.102. The first-order chi connectivity index (χ1) is 5.31. The molecule has 0 aliphatic heterocycles. The van der Waals surface area contributed by atoms with Gasteiger partial charge in [-0.1, -0.05) is 32.9 Å². The molecule has 12 heavy (non-hydrogen) atoms. The van der Waals surface area contributed by atoms with Crippen molar-refractivity contribution in [3.63, 3.8) is 0 Å². The second-order valence-electron chi connectivity index (χ2n) is 4.47. The quantitative estimate of drug-likeness (QED) is 0.644. The van der Waals surface area contributed by atoms with Gasteiger partial charge in [0.15, 0.2) is 0 Å².